The highest BCUT2D eigenvalue weighted by molar-refractivity contribution is 5.96. The molecule has 2 aliphatic heterocycles. The van der Waals surface area contributed by atoms with Crippen LogP contribution >= 0.6 is 0 Å². The number of hydrogen-bond donors (Lipinski definition) is 0. The minimum atomic E-state index is -0.664. The molecule has 3 atom stereocenters. The van der Waals surface area contributed by atoms with E-state index in [4.69, 9.17) is 4.74 Å². The van der Waals surface area contributed by atoms with Crippen molar-refractivity contribution in [3.8, 4) is 0 Å². The zero-order valence-electron chi connectivity index (χ0n) is 18.4. The molecule has 2 bridgehead atoms. The van der Waals surface area contributed by atoms with Crippen molar-refractivity contribution in [3.63, 3.8) is 0 Å². The van der Waals surface area contributed by atoms with Gasteiger partial charge >= 0.3 is 5.97 Å². The molecule has 0 spiro atoms. The van der Waals surface area contributed by atoms with Crippen molar-refractivity contribution in [1.29, 1.82) is 0 Å². The van der Waals surface area contributed by atoms with Gasteiger partial charge in [0.05, 0.1) is 17.6 Å². The third-order valence-corrected chi connectivity index (χ3v) is 6.73. The molecule has 2 aromatic rings. The molecule has 2 saturated heterocycles. The Bertz CT molecular complexity index is 927. The normalized spacial score (nSPS) is 25.5. The highest BCUT2D eigenvalue weighted by atomic mass is 16.5. The molecule has 1 aromatic carbocycles. The molecule has 1 amide bonds. The minimum absolute atomic E-state index is 0.0322. The monoisotopic (exact) mass is 408 g/mol. The van der Waals surface area contributed by atoms with Gasteiger partial charge in [0, 0.05) is 30.0 Å². The van der Waals surface area contributed by atoms with E-state index in [0.717, 1.165) is 18.4 Å². The average Bonchev–Trinajstić information content (AvgIpc) is 3.42. The van der Waals surface area contributed by atoms with Gasteiger partial charge in [0.2, 0.25) is 0 Å². The van der Waals surface area contributed by atoms with Gasteiger partial charge in [0.1, 0.15) is 0 Å². The summed E-state index contributed by atoms with van der Waals surface area (Å²) in [4.78, 5) is 28.8. The number of carbonyl (C=O) groups excluding carboxylic acids is 2. The smallest absolute Gasteiger partial charge is 0.314 e. The van der Waals surface area contributed by atoms with Gasteiger partial charge in [0.25, 0.3) is 5.91 Å². The molecule has 30 heavy (non-hydrogen) atoms. The second-order valence-electron chi connectivity index (χ2n) is 9.68. The summed E-state index contributed by atoms with van der Waals surface area (Å²) in [5.41, 5.74) is 1.07. The Hall–Kier alpha value is -2.56. The Balaban J connectivity index is 1.66. The van der Waals surface area contributed by atoms with Crippen LogP contribution in [-0.2, 0) is 21.5 Å². The Morgan fingerprint density at radius 1 is 1.13 bits per heavy atom. The van der Waals surface area contributed by atoms with E-state index in [1.54, 1.807) is 0 Å². The fourth-order valence-corrected chi connectivity index (χ4v) is 5.30. The summed E-state index contributed by atoms with van der Waals surface area (Å²) in [5.74, 6) is -0.129. The second kappa shape index (κ2) is 7.60. The van der Waals surface area contributed by atoms with Crippen molar-refractivity contribution in [1.82, 2.24) is 9.47 Å². The summed E-state index contributed by atoms with van der Waals surface area (Å²) >= 11 is 0. The quantitative estimate of drug-likeness (QED) is 0.689. The maximum absolute atomic E-state index is 13.5. The van der Waals surface area contributed by atoms with Gasteiger partial charge in [-0.1, -0.05) is 30.3 Å². The average molecular weight is 409 g/mol. The lowest BCUT2D eigenvalue weighted by Gasteiger charge is -2.35. The molecule has 5 nitrogen and oxygen atoms in total. The van der Waals surface area contributed by atoms with Crippen molar-refractivity contribution in [3.05, 3.63) is 59.9 Å². The molecule has 4 rings (SSSR count). The van der Waals surface area contributed by atoms with Gasteiger partial charge < -0.3 is 14.2 Å². The lowest BCUT2D eigenvalue weighted by Crippen LogP contribution is -2.47. The summed E-state index contributed by atoms with van der Waals surface area (Å²) in [6.45, 7) is 8.56. The van der Waals surface area contributed by atoms with Crippen LogP contribution in [0.4, 0.5) is 0 Å². The lowest BCUT2D eigenvalue weighted by atomic mass is 9.70. The SMILES string of the molecule is CCOC(=O)[C@@]1(Cc2ccccc2)C[C@H]2CC[C@@H]1N2C(=O)c1ccn(C(C)(C)C)c1. The van der Waals surface area contributed by atoms with E-state index in [1.165, 1.54) is 0 Å². The number of nitrogens with zero attached hydrogens (tertiary/aromatic N) is 2. The molecule has 0 N–H and O–H groups in total. The number of fused-ring (bicyclic) bond motifs is 2. The van der Waals surface area contributed by atoms with Crippen molar-refractivity contribution in [2.45, 2.75) is 71.0 Å². The molecule has 0 unspecified atom stereocenters. The molecule has 2 aliphatic rings. The number of hydrogen-bond acceptors (Lipinski definition) is 3. The summed E-state index contributed by atoms with van der Waals surface area (Å²) in [5, 5.41) is 0. The molecule has 3 heterocycles. The summed E-state index contributed by atoms with van der Waals surface area (Å²) < 4.78 is 7.63. The standard InChI is InChI=1S/C25H32N2O3/c1-5-30-23(29)25(15-18-9-7-6-8-10-18)16-20-11-12-21(25)27(20)22(28)19-13-14-26(17-19)24(2,3)4/h6-10,13-14,17,20-21H,5,11-12,15-16H2,1-4H3/t20-,21+,25+/m1/s1. The predicted octanol–water partition coefficient (Wildman–Crippen LogP) is 4.41. The molecule has 5 heteroatoms. The fourth-order valence-electron chi connectivity index (χ4n) is 5.30. The highest BCUT2D eigenvalue weighted by Gasteiger charge is 2.62. The van der Waals surface area contributed by atoms with E-state index in [2.05, 4.69) is 37.5 Å². The fraction of sp³-hybridized carbons (Fsp3) is 0.520. The number of ether oxygens (including phenoxy) is 1. The molecule has 1 aromatic heterocycles. The first-order valence-electron chi connectivity index (χ1n) is 11.0. The zero-order valence-corrected chi connectivity index (χ0v) is 18.4. The minimum Gasteiger partial charge on any atom is -0.465 e. The van der Waals surface area contributed by atoms with Gasteiger partial charge in [-0.3, -0.25) is 9.59 Å². The molecular weight excluding hydrogens is 376 g/mol. The van der Waals surface area contributed by atoms with E-state index < -0.39 is 5.41 Å². The van der Waals surface area contributed by atoms with Gasteiger partial charge in [-0.05, 0) is 65.0 Å². The third kappa shape index (κ3) is 3.44. The van der Waals surface area contributed by atoms with Crippen LogP contribution in [0.1, 0.15) is 62.9 Å². The van der Waals surface area contributed by atoms with Gasteiger partial charge in [-0.25, -0.2) is 0 Å². The van der Waals surface area contributed by atoms with E-state index in [9.17, 15) is 9.59 Å². The van der Waals surface area contributed by atoms with Crippen LogP contribution in [0, 0.1) is 5.41 Å². The number of carbonyl (C=O) groups is 2. The molecule has 0 saturated carbocycles. The number of esters is 1. The Kier molecular flexibility index (Phi) is 5.25. The second-order valence-corrected chi connectivity index (χ2v) is 9.68. The first-order valence-corrected chi connectivity index (χ1v) is 11.0. The van der Waals surface area contributed by atoms with E-state index in [1.807, 2.05) is 48.5 Å². The van der Waals surface area contributed by atoms with Crippen molar-refractivity contribution in [2.24, 2.45) is 5.41 Å². The van der Waals surface area contributed by atoms with Crippen LogP contribution in [0.5, 0.6) is 0 Å². The Morgan fingerprint density at radius 2 is 1.87 bits per heavy atom. The number of benzene rings is 1. The highest BCUT2D eigenvalue weighted by Crippen LogP contribution is 2.52. The van der Waals surface area contributed by atoms with Crippen molar-refractivity contribution in [2.75, 3.05) is 6.61 Å². The largest absolute Gasteiger partial charge is 0.465 e. The van der Waals surface area contributed by atoms with Gasteiger partial charge in [-0.15, -0.1) is 0 Å². The van der Waals surface area contributed by atoms with E-state index in [-0.39, 0.29) is 29.5 Å². The predicted molar refractivity (Wildman–Crippen MR) is 116 cm³/mol. The summed E-state index contributed by atoms with van der Waals surface area (Å²) in [6, 6.07) is 12.0. The Labute approximate surface area is 179 Å². The van der Waals surface area contributed by atoms with Crippen LogP contribution in [-0.4, -0.2) is 40.0 Å². The van der Waals surface area contributed by atoms with Crippen LogP contribution in [0.25, 0.3) is 0 Å². The lowest BCUT2D eigenvalue weighted by molar-refractivity contribution is -0.157. The number of rotatable bonds is 5. The van der Waals surface area contributed by atoms with E-state index >= 15 is 0 Å². The topological polar surface area (TPSA) is 51.5 Å². The molecule has 0 radical (unpaired) electrons. The number of amides is 1. The number of aromatic nitrogens is 1. The molecular formula is C25H32N2O3. The van der Waals surface area contributed by atoms with Gasteiger partial charge in [-0.2, -0.15) is 0 Å². The molecule has 0 aliphatic carbocycles. The maximum atomic E-state index is 13.5. The van der Waals surface area contributed by atoms with Crippen LogP contribution in [0.2, 0.25) is 0 Å². The van der Waals surface area contributed by atoms with Crippen LogP contribution < -0.4 is 0 Å². The summed E-state index contributed by atoms with van der Waals surface area (Å²) in [6.07, 6.45) is 6.99. The summed E-state index contributed by atoms with van der Waals surface area (Å²) in [7, 11) is 0. The molecule has 2 fully saturated rings. The molecule has 160 valence electrons. The van der Waals surface area contributed by atoms with E-state index in [0.29, 0.717) is 25.0 Å². The Morgan fingerprint density at radius 3 is 2.50 bits per heavy atom. The van der Waals surface area contributed by atoms with Crippen LogP contribution in [0.15, 0.2) is 48.8 Å². The van der Waals surface area contributed by atoms with Crippen LogP contribution in [0.3, 0.4) is 0 Å². The van der Waals surface area contributed by atoms with Crippen molar-refractivity contribution < 1.29 is 14.3 Å². The third-order valence-electron chi connectivity index (χ3n) is 6.73. The van der Waals surface area contributed by atoms with Gasteiger partial charge in [0.15, 0.2) is 0 Å². The first kappa shape index (κ1) is 20.7. The zero-order chi connectivity index (χ0) is 21.5. The first-order chi connectivity index (χ1) is 14.3. The maximum Gasteiger partial charge on any atom is 0.314 e. The van der Waals surface area contributed by atoms with Crippen molar-refractivity contribution >= 4 is 11.9 Å².